The molecule has 3 heteroatoms. The van der Waals surface area contributed by atoms with Gasteiger partial charge < -0.3 is 10.6 Å². The maximum absolute atomic E-state index is 12.6. The van der Waals surface area contributed by atoms with Crippen molar-refractivity contribution in [2.24, 2.45) is 11.7 Å². The van der Waals surface area contributed by atoms with Crippen LogP contribution in [0.4, 0.5) is 0 Å². The van der Waals surface area contributed by atoms with Crippen LogP contribution in [0, 0.1) is 12.8 Å². The molecule has 0 saturated heterocycles. The molecule has 1 fully saturated rings. The van der Waals surface area contributed by atoms with E-state index < -0.39 is 0 Å². The van der Waals surface area contributed by atoms with Crippen molar-refractivity contribution in [3.05, 3.63) is 35.4 Å². The van der Waals surface area contributed by atoms with E-state index in [1.54, 1.807) is 0 Å². The average molecular weight is 274 g/mol. The summed E-state index contributed by atoms with van der Waals surface area (Å²) >= 11 is 0. The number of nitrogens with zero attached hydrogens (tertiary/aromatic N) is 1. The highest BCUT2D eigenvalue weighted by Crippen LogP contribution is 2.30. The van der Waals surface area contributed by atoms with Crippen molar-refractivity contribution in [1.82, 2.24) is 4.90 Å². The number of rotatable bonds is 7. The van der Waals surface area contributed by atoms with Gasteiger partial charge in [0.05, 0.1) is 0 Å². The lowest BCUT2D eigenvalue weighted by molar-refractivity contribution is -0.136. The summed E-state index contributed by atoms with van der Waals surface area (Å²) in [6.07, 6.45) is 4.13. The van der Waals surface area contributed by atoms with Gasteiger partial charge in [-0.3, -0.25) is 4.79 Å². The monoisotopic (exact) mass is 274 g/mol. The second-order valence-electron chi connectivity index (χ2n) is 6.02. The van der Waals surface area contributed by atoms with Gasteiger partial charge in [-0.15, -0.1) is 0 Å². The topological polar surface area (TPSA) is 46.3 Å². The summed E-state index contributed by atoms with van der Waals surface area (Å²) < 4.78 is 0. The predicted molar refractivity (Wildman–Crippen MR) is 82.2 cm³/mol. The number of carbonyl (C=O) groups is 1. The number of amides is 1. The average Bonchev–Trinajstić information content (AvgIpc) is 3.26. The van der Waals surface area contributed by atoms with Gasteiger partial charge in [-0.05, 0) is 44.7 Å². The van der Waals surface area contributed by atoms with Crippen LogP contribution in [0.1, 0.15) is 43.7 Å². The Balaban J connectivity index is 2.01. The van der Waals surface area contributed by atoms with Crippen LogP contribution in [0.2, 0.25) is 0 Å². The molecule has 1 aliphatic rings. The molecule has 110 valence electrons. The lowest BCUT2D eigenvalue weighted by atomic mass is 10.0. The van der Waals surface area contributed by atoms with Crippen molar-refractivity contribution in [1.29, 1.82) is 0 Å². The number of aryl methyl sites for hydroxylation is 1. The Hall–Kier alpha value is -1.35. The minimum absolute atomic E-state index is 0.0870. The van der Waals surface area contributed by atoms with E-state index in [9.17, 15) is 4.79 Å². The Kier molecular flexibility index (Phi) is 5.18. The molecule has 1 atom stereocenters. The van der Waals surface area contributed by atoms with Gasteiger partial charge in [0.25, 0.3) is 0 Å². The van der Waals surface area contributed by atoms with Gasteiger partial charge in [-0.25, -0.2) is 0 Å². The van der Waals surface area contributed by atoms with Gasteiger partial charge in [-0.2, -0.15) is 0 Å². The molecular weight excluding hydrogens is 248 g/mol. The van der Waals surface area contributed by atoms with Crippen molar-refractivity contribution in [3.63, 3.8) is 0 Å². The first-order valence-corrected chi connectivity index (χ1v) is 7.68. The summed E-state index contributed by atoms with van der Waals surface area (Å²) in [6.45, 7) is 5.54. The summed E-state index contributed by atoms with van der Waals surface area (Å²) in [4.78, 5) is 14.7. The van der Waals surface area contributed by atoms with Crippen molar-refractivity contribution in [2.75, 3.05) is 6.54 Å². The Morgan fingerprint density at radius 1 is 1.45 bits per heavy atom. The molecule has 0 aliphatic heterocycles. The first-order valence-electron chi connectivity index (χ1n) is 7.68. The smallest absolute Gasteiger partial charge is 0.225 e. The number of carbonyl (C=O) groups excluding carboxylic acids is 1. The highest BCUT2D eigenvalue weighted by atomic mass is 16.2. The fourth-order valence-electron chi connectivity index (χ4n) is 2.61. The van der Waals surface area contributed by atoms with Crippen molar-refractivity contribution in [2.45, 2.75) is 52.1 Å². The zero-order valence-electron chi connectivity index (χ0n) is 12.6. The van der Waals surface area contributed by atoms with Crippen LogP contribution >= 0.6 is 0 Å². The number of hydrogen-bond acceptors (Lipinski definition) is 2. The van der Waals surface area contributed by atoms with Crippen LogP contribution in [0.15, 0.2) is 24.3 Å². The Bertz CT molecular complexity index is 454. The van der Waals surface area contributed by atoms with E-state index in [4.69, 9.17) is 5.73 Å². The molecule has 1 aliphatic carbocycles. The van der Waals surface area contributed by atoms with Crippen LogP contribution in [0.5, 0.6) is 0 Å². The van der Waals surface area contributed by atoms with Crippen molar-refractivity contribution < 1.29 is 4.79 Å². The third-order valence-electron chi connectivity index (χ3n) is 3.97. The lowest BCUT2D eigenvalue weighted by Gasteiger charge is -2.26. The predicted octanol–water partition coefficient (Wildman–Crippen LogP) is 2.86. The molecule has 2 N–H and O–H groups in total. The van der Waals surface area contributed by atoms with Crippen LogP contribution in [-0.2, 0) is 11.3 Å². The first kappa shape index (κ1) is 15.0. The molecule has 1 unspecified atom stereocenters. The van der Waals surface area contributed by atoms with Crippen LogP contribution in [0.25, 0.3) is 0 Å². The van der Waals surface area contributed by atoms with Gasteiger partial charge in [0, 0.05) is 18.5 Å². The van der Waals surface area contributed by atoms with E-state index in [0.29, 0.717) is 18.5 Å². The lowest BCUT2D eigenvalue weighted by Crippen LogP contribution is -2.36. The fraction of sp³-hybridized carbons (Fsp3) is 0.588. The molecular formula is C17H26N2O. The SMILES string of the molecule is Cc1cccc(CN(C(=O)C(C)CCCN)C2CC2)c1. The second kappa shape index (κ2) is 6.89. The van der Waals surface area contributed by atoms with E-state index in [1.807, 2.05) is 6.92 Å². The molecule has 1 amide bonds. The summed E-state index contributed by atoms with van der Waals surface area (Å²) in [5.74, 6) is 0.381. The summed E-state index contributed by atoms with van der Waals surface area (Å²) in [5, 5.41) is 0. The van der Waals surface area contributed by atoms with E-state index in [1.165, 1.54) is 11.1 Å². The van der Waals surface area contributed by atoms with Crippen molar-refractivity contribution >= 4 is 5.91 Å². The van der Waals surface area contributed by atoms with E-state index >= 15 is 0 Å². The maximum Gasteiger partial charge on any atom is 0.225 e. The summed E-state index contributed by atoms with van der Waals surface area (Å²) in [5.41, 5.74) is 8.02. The van der Waals surface area contributed by atoms with Gasteiger partial charge in [0.15, 0.2) is 0 Å². The summed E-state index contributed by atoms with van der Waals surface area (Å²) in [7, 11) is 0. The normalized spacial score (nSPS) is 15.9. The standard InChI is InChI=1S/C17H26N2O/c1-13-5-3-7-15(11-13)12-19(16-8-9-16)17(20)14(2)6-4-10-18/h3,5,7,11,14,16H,4,6,8-10,12,18H2,1-2H3. The fourth-order valence-corrected chi connectivity index (χ4v) is 2.61. The quantitative estimate of drug-likeness (QED) is 0.831. The minimum atomic E-state index is 0.0870. The van der Waals surface area contributed by atoms with Crippen LogP contribution in [0.3, 0.4) is 0 Å². The third kappa shape index (κ3) is 4.07. The molecule has 1 aromatic rings. The van der Waals surface area contributed by atoms with Crippen molar-refractivity contribution in [3.8, 4) is 0 Å². The van der Waals surface area contributed by atoms with Crippen LogP contribution < -0.4 is 5.73 Å². The zero-order chi connectivity index (χ0) is 14.5. The molecule has 0 heterocycles. The molecule has 0 radical (unpaired) electrons. The van der Waals surface area contributed by atoms with Gasteiger partial charge in [0.2, 0.25) is 5.91 Å². The number of benzene rings is 1. The minimum Gasteiger partial charge on any atom is -0.335 e. The molecule has 1 aromatic carbocycles. The molecule has 2 rings (SSSR count). The largest absolute Gasteiger partial charge is 0.335 e. The van der Waals surface area contributed by atoms with E-state index in [0.717, 1.165) is 32.2 Å². The third-order valence-corrected chi connectivity index (χ3v) is 3.97. The Morgan fingerprint density at radius 3 is 2.80 bits per heavy atom. The molecule has 0 bridgehead atoms. The van der Waals surface area contributed by atoms with E-state index in [-0.39, 0.29) is 5.92 Å². The molecule has 3 nitrogen and oxygen atoms in total. The van der Waals surface area contributed by atoms with E-state index in [2.05, 4.69) is 36.1 Å². The molecule has 0 aromatic heterocycles. The van der Waals surface area contributed by atoms with Crippen LogP contribution in [-0.4, -0.2) is 23.4 Å². The highest BCUT2D eigenvalue weighted by Gasteiger charge is 2.34. The molecule has 20 heavy (non-hydrogen) atoms. The molecule has 1 saturated carbocycles. The Morgan fingerprint density at radius 2 is 2.20 bits per heavy atom. The van der Waals surface area contributed by atoms with Gasteiger partial charge in [-0.1, -0.05) is 36.8 Å². The summed E-state index contributed by atoms with van der Waals surface area (Å²) in [6, 6.07) is 8.91. The maximum atomic E-state index is 12.6. The molecule has 0 spiro atoms. The first-order chi connectivity index (χ1) is 9.61. The number of nitrogens with two attached hydrogens (primary N) is 1. The van der Waals surface area contributed by atoms with Gasteiger partial charge in [0.1, 0.15) is 0 Å². The zero-order valence-corrected chi connectivity index (χ0v) is 12.6. The Labute approximate surface area is 122 Å². The van der Waals surface area contributed by atoms with Gasteiger partial charge >= 0.3 is 0 Å². The second-order valence-corrected chi connectivity index (χ2v) is 6.02. The number of hydrogen-bond donors (Lipinski definition) is 1. The highest BCUT2D eigenvalue weighted by molar-refractivity contribution is 5.79.